The van der Waals surface area contributed by atoms with Gasteiger partial charge in [0, 0.05) is 93.9 Å². The van der Waals surface area contributed by atoms with Gasteiger partial charge in [-0.05, 0) is 118 Å². The maximum Gasteiger partial charge on any atom is 0.329 e. The Balaban J connectivity index is 0.740. The molecule has 4 aromatic carbocycles. The number of aromatic nitrogens is 2. The molecule has 4 fully saturated rings. The van der Waals surface area contributed by atoms with Crippen LogP contribution in [0.25, 0.3) is 22.0 Å². The number of aryl methyl sites for hydroxylation is 1. The third-order valence-electron chi connectivity index (χ3n) is 16.9. The number of hydrogen-bond donors (Lipinski definition) is 3. The summed E-state index contributed by atoms with van der Waals surface area (Å²) in [6.45, 7) is 7.79. The molecule has 10 rings (SSSR count). The van der Waals surface area contributed by atoms with Gasteiger partial charge in [0.1, 0.15) is 29.5 Å². The minimum atomic E-state index is -1.06. The first-order valence-corrected chi connectivity index (χ1v) is 26.6. The Morgan fingerprint density at radius 1 is 0.868 bits per heavy atom. The smallest absolute Gasteiger partial charge is 0.329 e. The van der Waals surface area contributed by atoms with E-state index in [1.807, 2.05) is 42.2 Å². The van der Waals surface area contributed by atoms with Crippen molar-refractivity contribution in [3.63, 3.8) is 0 Å². The van der Waals surface area contributed by atoms with Crippen LogP contribution in [-0.4, -0.2) is 116 Å². The van der Waals surface area contributed by atoms with E-state index in [0.29, 0.717) is 57.0 Å². The zero-order valence-electron chi connectivity index (χ0n) is 43.5. The minimum Gasteiger partial charge on any atom is -0.488 e. The van der Waals surface area contributed by atoms with Crippen LogP contribution in [0.5, 0.6) is 11.5 Å². The maximum absolute atomic E-state index is 16.7. The number of imide groups is 1. The lowest BCUT2D eigenvalue weighted by Crippen LogP contribution is -2.49. The summed E-state index contributed by atoms with van der Waals surface area (Å²) >= 11 is 0. The van der Waals surface area contributed by atoms with E-state index in [-0.39, 0.29) is 106 Å². The number of carbonyl (C=O) groups excluding carboxylic acids is 4. The van der Waals surface area contributed by atoms with Crippen LogP contribution in [-0.2, 0) is 27.0 Å². The van der Waals surface area contributed by atoms with E-state index in [9.17, 15) is 19.2 Å². The van der Waals surface area contributed by atoms with Gasteiger partial charge in [-0.1, -0.05) is 37.3 Å². The number of anilines is 1. The van der Waals surface area contributed by atoms with Crippen molar-refractivity contribution in [2.24, 2.45) is 24.6 Å². The van der Waals surface area contributed by atoms with Gasteiger partial charge in [-0.3, -0.25) is 29.3 Å². The molecule has 1 aromatic heterocycles. The van der Waals surface area contributed by atoms with Gasteiger partial charge in [0.05, 0.1) is 17.6 Å². The number of urea groups is 1. The van der Waals surface area contributed by atoms with Gasteiger partial charge in [0.25, 0.3) is 0 Å². The SMILES string of the molecule is COCCOc1ccc(C(N)=O)c(-c2c(C)c(F)cc3c2C(C)C(CNC2CCC(C(=O)N4CCC(CN5CCC(c6c(F)cc7c(N8CCC(=O)NC8=O)nn(C)c7c6F)CC5)CC4)CC2)(c2ccccc2)O3)c1F. The topological polar surface area (TPSA) is 174 Å². The van der Waals surface area contributed by atoms with E-state index >= 15 is 17.6 Å². The molecule has 19 heteroatoms. The molecule has 5 amide bonds. The van der Waals surface area contributed by atoms with Crippen molar-refractivity contribution < 1.29 is 51.0 Å². The summed E-state index contributed by atoms with van der Waals surface area (Å²) in [6.07, 6.45) is 5.98. The number of benzene rings is 4. The first kappa shape index (κ1) is 52.9. The van der Waals surface area contributed by atoms with Crippen molar-refractivity contribution >= 4 is 40.5 Å². The van der Waals surface area contributed by atoms with Gasteiger partial charge >= 0.3 is 6.03 Å². The molecule has 0 spiro atoms. The van der Waals surface area contributed by atoms with E-state index < -0.39 is 52.6 Å². The summed E-state index contributed by atoms with van der Waals surface area (Å²) in [5.41, 5.74) is 6.42. The molecule has 2 atom stereocenters. The zero-order valence-corrected chi connectivity index (χ0v) is 43.5. The first-order chi connectivity index (χ1) is 36.6. The minimum absolute atomic E-state index is 0.0443. The number of amides is 5. The highest BCUT2D eigenvalue weighted by Crippen LogP contribution is 2.56. The van der Waals surface area contributed by atoms with Crippen molar-refractivity contribution in [3.8, 4) is 22.6 Å². The number of halogens is 4. The van der Waals surface area contributed by atoms with E-state index in [2.05, 4.69) is 20.6 Å². The van der Waals surface area contributed by atoms with E-state index in [1.54, 1.807) is 14.0 Å². The predicted molar refractivity (Wildman–Crippen MR) is 277 cm³/mol. The Labute approximate surface area is 439 Å². The number of piperidine rings is 2. The standard InChI is InChI=1S/C57H66F4N8O7/c1-32-41(58)29-44-47(46(32)49-39(53(62)71)14-15-43(50(49)60)75-27-26-74-4)33(2)57(76-44,37-8-6-5-7-9-37)31-63-38-12-10-36(11-13-38)55(72)68-23-16-34(17-24-68)30-67-21-18-35(19-22-67)48-42(59)28-40-52(51(48)61)66(3)65-54(40)69-25-20-45(70)64-56(69)73/h5-9,14-15,28-29,33-36,38,63H,10-13,16-27,30-31H2,1-4H3,(H2,62,71)(H,64,70,73). The Kier molecular flexibility index (Phi) is 15.2. The van der Waals surface area contributed by atoms with Crippen molar-refractivity contribution in [2.75, 3.05) is 71.0 Å². The highest BCUT2D eigenvalue weighted by atomic mass is 19.1. The molecule has 0 radical (unpaired) electrons. The first-order valence-electron chi connectivity index (χ1n) is 26.6. The van der Waals surface area contributed by atoms with Crippen LogP contribution in [0.4, 0.5) is 28.2 Å². The number of carbonyl (C=O) groups is 4. The largest absolute Gasteiger partial charge is 0.488 e. The van der Waals surface area contributed by atoms with E-state index in [1.165, 1.54) is 41.0 Å². The molecule has 1 saturated carbocycles. The van der Waals surface area contributed by atoms with E-state index in [0.717, 1.165) is 50.6 Å². The lowest BCUT2D eigenvalue weighted by Gasteiger charge is -2.40. The molecule has 1 aliphatic carbocycles. The molecule has 404 valence electrons. The maximum atomic E-state index is 16.7. The molecule has 0 bridgehead atoms. The fourth-order valence-corrected chi connectivity index (χ4v) is 12.7. The van der Waals surface area contributed by atoms with Gasteiger partial charge in [0.2, 0.25) is 17.7 Å². The average Bonchev–Trinajstić information content (AvgIpc) is 3.94. The molecule has 5 heterocycles. The highest BCUT2D eigenvalue weighted by Gasteiger charge is 2.50. The third-order valence-corrected chi connectivity index (χ3v) is 16.9. The molecule has 76 heavy (non-hydrogen) atoms. The van der Waals surface area contributed by atoms with Crippen LogP contribution in [0.1, 0.15) is 109 Å². The van der Waals surface area contributed by atoms with Gasteiger partial charge in [0.15, 0.2) is 28.8 Å². The highest BCUT2D eigenvalue weighted by molar-refractivity contribution is 6.09. The molecule has 4 aliphatic heterocycles. The normalized spacial score (nSPS) is 22.7. The number of primary amides is 1. The summed E-state index contributed by atoms with van der Waals surface area (Å²) in [6, 6.07) is 14.4. The average molecular weight is 1050 g/mol. The lowest BCUT2D eigenvalue weighted by atomic mass is 9.76. The molecular weight excluding hydrogens is 985 g/mol. The molecule has 15 nitrogen and oxygen atoms in total. The Hall–Kier alpha value is -6.57. The van der Waals surface area contributed by atoms with Crippen molar-refractivity contribution in [2.45, 2.75) is 95.1 Å². The third kappa shape index (κ3) is 9.89. The molecule has 5 aromatic rings. The molecule has 5 aliphatic rings. The van der Waals surface area contributed by atoms with Crippen molar-refractivity contribution in [1.82, 2.24) is 30.2 Å². The molecule has 3 saturated heterocycles. The number of likely N-dealkylation sites (tertiary alicyclic amines) is 2. The number of ether oxygens (including phenoxy) is 3. The number of nitrogens with two attached hydrogens (primary N) is 1. The number of rotatable bonds is 15. The van der Waals surface area contributed by atoms with Crippen LogP contribution in [0.15, 0.2) is 54.6 Å². The quantitative estimate of drug-likeness (QED) is 0.0684. The van der Waals surface area contributed by atoms with Gasteiger partial charge < -0.3 is 35.1 Å². The van der Waals surface area contributed by atoms with Gasteiger partial charge in [-0.15, -0.1) is 0 Å². The number of methoxy groups -OCH3 is 1. The van der Waals surface area contributed by atoms with Crippen LogP contribution < -0.4 is 30.7 Å². The van der Waals surface area contributed by atoms with Crippen LogP contribution in [0.3, 0.4) is 0 Å². The lowest BCUT2D eigenvalue weighted by molar-refractivity contribution is -0.138. The number of fused-ring (bicyclic) bond motifs is 2. The van der Waals surface area contributed by atoms with Crippen molar-refractivity contribution in [1.29, 1.82) is 0 Å². The van der Waals surface area contributed by atoms with Gasteiger partial charge in [-0.25, -0.2) is 22.4 Å². The van der Waals surface area contributed by atoms with Crippen LogP contribution in [0, 0.1) is 42.0 Å². The second kappa shape index (κ2) is 21.8. The summed E-state index contributed by atoms with van der Waals surface area (Å²) in [4.78, 5) is 56.8. The summed E-state index contributed by atoms with van der Waals surface area (Å²) in [7, 11) is 3.06. The number of nitrogens with one attached hydrogen (secondary N) is 2. The molecular formula is C57H66F4N8O7. The Bertz CT molecular complexity index is 3040. The monoisotopic (exact) mass is 1050 g/mol. The zero-order chi connectivity index (χ0) is 53.6. The van der Waals surface area contributed by atoms with Crippen molar-refractivity contribution in [3.05, 3.63) is 106 Å². The predicted octanol–water partition coefficient (Wildman–Crippen LogP) is 8.33. The fourth-order valence-electron chi connectivity index (χ4n) is 12.7. The molecule has 2 unspecified atom stereocenters. The van der Waals surface area contributed by atoms with E-state index in [4.69, 9.17) is 19.9 Å². The summed E-state index contributed by atoms with van der Waals surface area (Å²) in [5.74, 6) is -4.14. The second-order valence-corrected chi connectivity index (χ2v) is 21.3. The van der Waals surface area contributed by atoms with Crippen LogP contribution >= 0.6 is 0 Å². The van der Waals surface area contributed by atoms with Crippen LogP contribution in [0.2, 0.25) is 0 Å². The Morgan fingerprint density at radius 2 is 1.59 bits per heavy atom. The fraction of sp³-hybridized carbons (Fsp3) is 0.491. The Morgan fingerprint density at radius 3 is 2.28 bits per heavy atom. The molecule has 4 N–H and O–H groups in total. The number of nitrogens with zero attached hydrogens (tertiary/aromatic N) is 5. The van der Waals surface area contributed by atoms with Gasteiger partial charge in [-0.2, -0.15) is 5.10 Å². The summed E-state index contributed by atoms with van der Waals surface area (Å²) < 4.78 is 83.9. The summed E-state index contributed by atoms with van der Waals surface area (Å²) in [5, 5.41) is 10.6. The number of hydrogen-bond acceptors (Lipinski definition) is 10. The second-order valence-electron chi connectivity index (χ2n) is 21.3.